The highest BCUT2D eigenvalue weighted by Gasteiger charge is 2.20. The van der Waals surface area contributed by atoms with Crippen LogP contribution in [0.5, 0.6) is 0 Å². The van der Waals surface area contributed by atoms with E-state index in [9.17, 15) is 0 Å². The molecule has 1 fully saturated rings. The Bertz CT molecular complexity index is 570. The number of nitrogens with one attached hydrogen (secondary N) is 1. The van der Waals surface area contributed by atoms with Crippen LogP contribution in [0, 0.1) is 11.8 Å². The smallest absolute Gasteiger partial charge is 0.295 e. The standard InChI is InChI=1S/C16H23N3O/c1-2-11-3-5-12(6-4-11)10-18-16-19-14-8-7-13(17)9-15(14)20-16/h7-9,11-12H,2-6,10,17H2,1H3,(H,18,19). The first-order valence-electron chi connectivity index (χ1n) is 7.64. The van der Waals surface area contributed by atoms with Crippen LogP contribution < -0.4 is 11.1 Å². The van der Waals surface area contributed by atoms with E-state index in [1.165, 1.54) is 32.1 Å². The molecule has 1 aliphatic carbocycles. The van der Waals surface area contributed by atoms with Gasteiger partial charge in [0.15, 0.2) is 5.58 Å². The summed E-state index contributed by atoms with van der Waals surface area (Å²) in [6, 6.07) is 6.18. The molecule has 3 rings (SSSR count). The molecule has 0 bridgehead atoms. The first-order chi connectivity index (χ1) is 9.74. The second kappa shape index (κ2) is 5.73. The van der Waals surface area contributed by atoms with Crippen LogP contribution in [0.1, 0.15) is 39.0 Å². The molecule has 0 spiro atoms. The summed E-state index contributed by atoms with van der Waals surface area (Å²) in [6.07, 6.45) is 6.70. The summed E-state index contributed by atoms with van der Waals surface area (Å²) in [4.78, 5) is 4.44. The van der Waals surface area contributed by atoms with Crippen molar-refractivity contribution in [3.8, 4) is 0 Å². The largest absolute Gasteiger partial charge is 0.423 e. The number of hydrogen-bond acceptors (Lipinski definition) is 4. The van der Waals surface area contributed by atoms with Crippen LogP contribution in [0.2, 0.25) is 0 Å². The minimum Gasteiger partial charge on any atom is -0.423 e. The maximum absolute atomic E-state index is 5.74. The van der Waals surface area contributed by atoms with Gasteiger partial charge in [0.1, 0.15) is 5.52 Å². The first-order valence-corrected chi connectivity index (χ1v) is 7.64. The van der Waals surface area contributed by atoms with Crippen molar-refractivity contribution in [1.29, 1.82) is 0 Å². The van der Waals surface area contributed by atoms with Gasteiger partial charge < -0.3 is 15.5 Å². The topological polar surface area (TPSA) is 64.1 Å². The summed E-state index contributed by atoms with van der Waals surface area (Å²) in [5, 5.41) is 3.34. The van der Waals surface area contributed by atoms with E-state index in [2.05, 4.69) is 17.2 Å². The summed E-state index contributed by atoms with van der Waals surface area (Å²) in [7, 11) is 0. The van der Waals surface area contributed by atoms with Gasteiger partial charge in [0, 0.05) is 18.3 Å². The average Bonchev–Trinajstić information content (AvgIpc) is 2.87. The highest BCUT2D eigenvalue weighted by atomic mass is 16.4. The molecule has 0 amide bonds. The van der Waals surface area contributed by atoms with Gasteiger partial charge in [-0.3, -0.25) is 0 Å². The van der Waals surface area contributed by atoms with Gasteiger partial charge in [-0.05, 0) is 36.8 Å². The third-order valence-corrected chi connectivity index (χ3v) is 4.50. The van der Waals surface area contributed by atoms with Gasteiger partial charge in [0.25, 0.3) is 6.01 Å². The van der Waals surface area contributed by atoms with Gasteiger partial charge >= 0.3 is 0 Å². The minimum absolute atomic E-state index is 0.614. The van der Waals surface area contributed by atoms with Gasteiger partial charge in [-0.25, -0.2) is 0 Å². The lowest BCUT2D eigenvalue weighted by atomic mass is 9.81. The van der Waals surface area contributed by atoms with Crippen LogP contribution >= 0.6 is 0 Å². The molecule has 1 aromatic carbocycles. The number of anilines is 2. The lowest BCUT2D eigenvalue weighted by molar-refractivity contribution is 0.277. The Labute approximate surface area is 119 Å². The number of nitrogens with zero attached hydrogens (tertiary/aromatic N) is 1. The van der Waals surface area contributed by atoms with E-state index in [-0.39, 0.29) is 0 Å². The normalized spacial score (nSPS) is 23.1. The second-order valence-corrected chi connectivity index (χ2v) is 5.92. The van der Waals surface area contributed by atoms with E-state index < -0.39 is 0 Å². The molecule has 0 unspecified atom stereocenters. The van der Waals surface area contributed by atoms with E-state index >= 15 is 0 Å². The maximum atomic E-state index is 5.74. The van der Waals surface area contributed by atoms with E-state index in [4.69, 9.17) is 10.2 Å². The molecule has 0 saturated heterocycles. The van der Waals surface area contributed by atoms with Crippen molar-refractivity contribution in [1.82, 2.24) is 4.98 Å². The third kappa shape index (κ3) is 2.89. The molecule has 1 saturated carbocycles. The molecule has 1 aromatic heterocycles. The van der Waals surface area contributed by atoms with Crippen LogP contribution in [0.15, 0.2) is 22.6 Å². The summed E-state index contributed by atoms with van der Waals surface area (Å²) >= 11 is 0. The number of aromatic nitrogens is 1. The summed E-state index contributed by atoms with van der Waals surface area (Å²) < 4.78 is 5.68. The summed E-state index contributed by atoms with van der Waals surface area (Å²) in [6.45, 7) is 3.26. The highest BCUT2D eigenvalue weighted by Crippen LogP contribution is 2.31. The molecular formula is C16H23N3O. The number of benzene rings is 1. The molecule has 1 heterocycles. The van der Waals surface area contributed by atoms with Crippen molar-refractivity contribution in [3.05, 3.63) is 18.2 Å². The molecule has 3 N–H and O–H groups in total. The van der Waals surface area contributed by atoms with Crippen molar-refractivity contribution in [2.45, 2.75) is 39.0 Å². The molecule has 20 heavy (non-hydrogen) atoms. The predicted molar refractivity (Wildman–Crippen MR) is 82.7 cm³/mol. The predicted octanol–water partition coefficient (Wildman–Crippen LogP) is 4.04. The molecule has 2 aromatic rings. The Morgan fingerprint density at radius 2 is 2.00 bits per heavy atom. The zero-order valence-corrected chi connectivity index (χ0v) is 12.1. The lowest BCUT2D eigenvalue weighted by Crippen LogP contribution is -2.21. The zero-order valence-electron chi connectivity index (χ0n) is 12.1. The lowest BCUT2D eigenvalue weighted by Gasteiger charge is -2.27. The van der Waals surface area contributed by atoms with Crippen LogP contribution in [0.3, 0.4) is 0 Å². The number of nitrogen functional groups attached to an aromatic ring is 1. The van der Waals surface area contributed by atoms with Gasteiger partial charge in [0.2, 0.25) is 0 Å². The SMILES string of the molecule is CCC1CCC(CNc2nc3ccc(N)cc3o2)CC1. The van der Waals surface area contributed by atoms with Crippen molar-refractivity contribution < 1.29 is 4.42 Å². The van der Waals surface area contributed by atoms with Crippen molar-refractivity contribution in [3.63, 3.8) is 0 Å². The Morgan fingerprint density at radius 1 is 1.25 bits per heavy atom. The van der Waals surface area contributed by atoms with E-state index in [0.717, 1.165) is 29.5 Å². The third-order valence-electron chi connectivity index (χ3n) is 4.50. The molecule has 4 heteroatoms. The average molecular weight is 273 g/mol. The number of rotatable bonds is 4. The van der Waals surface area contributed by atoms with Crippen molar-refractivity contribution in [2.75, 3.05) is 17.6 Å². The highest BCUT2D eigenvalue weighted by molar-refractivity contribution is 5.78. The maximum Gasteiger partial charge on any atom is 0.295 e. The number of hydrogen-bond donors (Lipinski definition) is 2. The minimum atomic E-state index is 0.614. The molecular weight excluding hydrogens is 250 g/mol. The van der Waals surface area contributed by atoms with Crippen LogP contribution in [-0.2, 0) is 0 Å². The Balaban J connectivity index is 1.57. The Morgan fingerprint density at radius 3 is 2.75 bits per heavy atom. The quantitative estimate of drug-likeness (QED) is 0.825. The second-order valence-electron chi connectivity index (χ2n) is 5.92. The van der Waals surface area contributed by atoms with Gasteiger partial charge in [-0.15, -0.1) is 0 Å². The molecule has 4 nitrogen and oxygen atoms in total. The number of nitrogens with two attached hydrogens (primary N) is 1. The number of fused-ring (bicyclic) bond motifs is 1. The number of oxazole rings is 1. The molecule has 0 radical (unpaired) electrons. The van der Waals surface area contributed by atoms with Crippen molar-refractivity contribution in [2.24, 2.45) is 11.8 Å². The fourth-order valence-corrected chi connectivity index (χ4v) is 3.09. The fourth-order valence-electron chi connectivity index (χ4n) is 3.09. The van der Waals surface area contributed by atoms with Gasteiger partial charge in [-0.1, -0.05) is 26.2 Å². The monoisotopic (exact) mass is 273 g/mol. The molecule has 0 aliphatic heterocycles. The van der Waals surface area contributed by atoms with Gasteiger partial charge in [0.05, 0.1) is 0 Å². The van der Waals surface area contributed by atoms with Crippen LogP contribution in [0.25, 0.3) is 11.1 Å². The van der Waals surface area contributed by atoms with E-state index in [0.29, 0.717) is 11.7 Å². The van der Waals surface area contributed by atoms with Gasteiger partial charge in [-0.2, -0.15) is 4.98 Å². The Kier molecular flexibility index (Phi) is 3.81. The summed E-state index contributed by atoms with van der Waals surface area (Å²) in [5.41, 5.74) is 8.06. The van der Waals surface area contributed by atoms with E-state index in [1.54, 1.807) is 0 Å². The van der Waals surface area contributed by atoms with Crippen molar-refractivity contribution >= 4 is 22.8 Å². The Hall–Kier alpha value is -1.71. The van der Waals surface area contributed by atoms with E-state index in [1.807, 2.05) is 18.2 Å². The fraction of sp³-hybridized carbons (Fsp3) is 0.562. The zero-order chi connectivity index (χ0) is 13.9. The first kappa shape index (κ1) is 13.3. The summed E-state index contributed by atoms with van der Waals surface area (Å²) in [5.74, 6) is 1.69. The van der Waals surface area contributed by atoms with Crippen LogP contribution in [0.4, 0.5) is 11.7 Å². The molecule has 0 atom stereocenters. The molecule has 1 aliphatic rings. The van der Waals surface area contributed by atoms with Crippen LogP contribution in [-0.4, -0.2) is 11.5 Å². The molecule has 108 valence electrons.